The number of aromatic carboxylic acids is 1. The predicted octanol–water partition coefficient (Wildman–Crippen LogP) is 0.209. The van der Waals surface area contributed by atoms with Crippen LogP contribution in [0.15, 0.2) is 18.3 Å². The van der Waals surface area contributed by atoms with E-state index in [1.807, 2.05) is 0 Å². The van der Waals surface area contributed by atoms with Crippen molar-refractivity contribution >= 4 is 12.0 Å². The van der Waals surface area contributed by atoms with Gasteiger partial charge in [-0.15, -0.1) is 0 Å². The second-order valence-corrected chi connectivity index (χ2v) is 2.77. The molecule has 2 amide bonds. The molecule has 1 rings (SSSR count). The summed E-state index contributed by atoms with van der Waals surface area (Å²) in [5.74, 6) is -1.02. The van der Waals surface area contributed by atoms with Crippen molar-refractivity contribution in [2.45, 2.75) is 6.54 Å². The first-order valence-electron chi connectivity index (χ1n) is 4.27. The van der Waals surface area contributed by atoms with E-state index >= 15 is 0 Å². The van der Waals surface area contributed by atoms with Crippen molar-refractivity contribution in [3.05, 3.63) is 29.6 Å². The van der Waals surface area contributed by atoms with Crippen LogP contribution in [0, 0.1) is 0 Å². The number of rotatable bonds is 3. The smallest absolute Gasteiger partial charge is 0.335 e. The van der Waals surface area contributed by atoms with Crippen molar-refractivity contribution in [3.8, 4) is 0 Å². The van der Waals surface area contributed by atoms with E-state index in [0.29, 0.717) is 5.69 Å². The number of amides is 2. The summed E-state index contributed by atoms with van der Waals surface area (Å²) in [4.78, 5) is 25.4. The van der Waals surface area contributed by atoms with Crippen LogP contribution in [0.25, 0.3) is 0 Å². The largest absolute Gasteiger partial charge is 0.478 e. The third-order valence-electron chi connectivity index (χ3n) is 1.72. The average Bonchev–Trinajstić information content (AvgIpc) is 2.26. The first kappa shape index (κ1) is 11.0. The molecule has 0 fully saturated rings. The Morgan fingerprint density at radius 2 is 2.27 bits per heavy atom. The zero-order chi connectivity index (χ0) is 11.3. The molecule has 0 aliphatic rings. The minimum atomic E-state index is -1.02. The molecule has 0 aromatic carbocycles. The van der Waals surface area contributed by atoms with Gasteiger partial charge in [-0.25, -0.2) is 9.59 Å². The maximum absolute atomic E-state index is 10.8. The molecule has 0 atom stereocenters. The Kier molecular flexibility index (Phi) is 3.61. The molecule has 0 unspecified atom stereocenters. The molecule has 0 bridgehead atoms. The second-order valence-electron chi connectivity index (χ2n) is 2.77. The Labute approximate surface area is 86.3 Å². The summed E-state index contributed by atoms with van der Waals surface area (Å²) in [6.07, 6.45) is 1.39. The fraction of sp³-hybridized carbons (Fsp3) is 0.222. The van der Waals surface area contributed by atoms with E-state index in [1.165, 1.54) is 25.4 Å². The third-order valence-corrected chi connectivity index (χ3v) is 1.72. The summed E-state index contributed by atoms with van der Waals surface area (Å²) in [5.41, 5.74) is 0.650. The van der Waals surface area contributed by atoms with Gasteiger partial charge in [-0.05, 0) is 12.1 Å². The molecule has 0 saturated heterocycles. The summed E-state index contributed by atoms with van der Waals surface area (Å²) >= 11 is 0. The first-order chi connectivity index (χ1) is 7.13. The molecule has 0 aliphatic heterocycles. The lowest BCUT2D eigenvalue weighted by Gasteiger charge is -2.03. The second kappa shape index (κ2) is 4.94. The maximum Gasteiger partial charge on any atom is 0.335 e. The summed E-state index contributed by atoms with van der Waals surface area (Å²) in [6, 6.07) is 2.47. The molecule has 1 aromatic rings. The minimum Gasteiger partial charge on any atom is -0.478 e. The van der Waals surface area contributed by atoms with Crippen molar-refractivity contribution < 1.29 is 14.7 Å². The predicted molar refractivity (Wildman–Crippen MR) is 52.5 cm³/mol. The lowest BCUT2D eigenvalue weighted by molar-refractivity contribution is 0.0696. The van der Waals surface area contributed by atoms with Crippen LogP contribution in [0.4, 0.5) is 4.79 Å². The van der Waals surface area contributed by atoms with Gasteiger partial charge in [0.2, 0.25) is 0 Å². The van der Waals surface area contributed by atoms with Gasteiger partial charge in [0.05, 0.1) is 17.8 Å². The highest BCUT2D eigenvalue weighted by molar-refractivity contribution is 5.87. The molecule has 0 aliphatic carbocycles. The standard InChI is InChI=1S/C9H11N3O3/c1-10-9(15)12-5-7-4-6(8(13)14)2-3-11-7/h2-4H,5H2,1H3,(H,13,14)(H2,10,12,15). The minimum absolute atomic E-state index is 0.152. The molecule has 80 valence electrons. The van der Waals surface area contributed by atoms with Crippen molar-refractivity contribution in [1.82, 2.24) is 15.6 Å². The number of pyridine rings is 1. The van der Waals surface area contributed by atoms with Crippen molar-refractivity contribution in [2.75, 3.05) is 7.05 Å². The summed E-state index contributed by atoms with van der Waals surface area (Å²) in [7, 11) is 1.50. The molecule has 3 N–H and O–H groups in total. The van der Waals surface area contributed by atoms with Gasteiger partial charge in [0.1, 0.15) is 0 Å². The number of nitrogens with one attached hydrogen (secondary N) is 2. The monoisotopic (exact) mass is 209 g/mol. The zero-order valence-corrected chi connectivity index (χ0v) is 8.15. The highest BCUT2D eigenvalue weighted by atomic mass is 16.4. The summed E-state index contributed by atoms with van der Waals surface area (Å²) in [6.45, 7) is 0.195. The van der Waals surface area contributed by atoms with Gasteiger partial charge in [0, 0.05) is 13.2 Å². The van der Waals surface area contributed by atoms with E-state index in [1.54, 1.807) is 0 Å². The molecule has 6 nitrogen and oxygen atoms in total. The summed E-state index contributed by atoms with van der Waals surface area (Å²) in [5, 5.41) is 13.6. The van der Waals surface area contributed by atoms with E-state index in [0.717, 1.165) is 0 Å². The van der Waals surface area contributed by atoms with E-state index in [2.05, 4.69) is 15.6 Å². The van der Waals surface area contributed by atoms with Crippen LogP contribution in [0.3, 0.4) is 0 Å². The average molecular weight is 209 g/mol. The Balaban J connectivity index is 2.66. The summed E-state index contributed by atoms with van der Waals surface area (Å²) < 4.78 is 0. The third kappa shape index (κ3) is 3.26. The van der Waals surface area contributed by atoms with Gasteiger partial charge in [-0.3, -0.25) is 4.98 Å². The molecular formula is C9H11N3O3. The van der Waals surface area contributed by atoms with Crippen molar-refractivity contribution in [2.24, 2.45) is 0 Å². The Morgan fingerprint density at radius 3 is 2.87 bits per heavy atom. The van der Waals surface area contributed by atoms with Gasteiger partial charge >= 0.3 is 12.0 Å². The van der Waals surface area contributed by atoms with Gasteiger partial charge in [0.25, 0.3) is 0 Å². The van der Waals surface area contributed by atoms with Crippen LogP contribution in [0.5, 0.6) is 0 Å². The van der Waals surface area contributed by atoms with Crippen LogP contribution in [-0.4, -0.2) is 29.1 Å². The molecule has 15 heavy (non-hydrogen) atoms. The lowest BCUT2D eigenvalue weighted by Crippen LogP contribution is -2.32. The highest BCUT2D eigenvalue weighted by Gasteiger charge is 2.04. The molecule has 6 heteroatoms. The van der Waals surface area contributed by atoms with Crippen LogP contribution in [0.1, 0.15) is 16.1 Å². The van der Waals surface area contributed by atoms with Crippen LogP contribution >= 0.6 is 0 Å². The van der Waals surface area contributed by atoms with Gasteiger partial charge in [-0.1, -0.05) is 0 Å². The number of carboxylic acids is 1. The SMILES string of the molecule is CNC(=O)NCc1cc(C(=O)O)ccn1. The quantitative estimate of drug-likeness (QED) is 0.663. The number of nitrogens with zero attached hydrogens (tertiary/aromatic N) is 1. The van der Waals surface area contributed by atoms with Gasteiger partial charge in [-0.2, -0.15) is 0 Å². The molecule has 0 spiro atoms. The van der Waals surface area contributed by atoms with E-state index in [-0.39, 0.29) is 18.1 Å². The van der Waals surface area contributed by atoms with Gasteiger partial charge in [0.15, 0.2) is 0 Å². The van der Waals surface area contributed by atoms with Crippen molar-refractivity contribution in [1.29, 1.82) is 0 Å². The normalized spacial score (nSPS) is 9.40. The van der Waals surface area contributed by atoms with E-state index in [9.17, 15) is 9.59 Å². The van der Waals surface area contributed by atoms with Crippen LogP contribution in [0.2, 0.25) is 0 Å². The number of hydrogen-bond acceptors (Lipinski definition) is 3. The molecule has 0 radical (unpaired) electrons. The Morgan fingerprint density at radius 1 is 1.53 bits per heavy atom. The Hall–Kier alpha value is -2.11. The number of carbonyl (C=O) groups is 2. The number of carboxylic acid groups (broad SMARTS) is 1. The fourth-order valence-electron chi connectivity index (χ4n) is 0.967. The topological polar surface area (TPSA) is 91.3 Å². The molecule has 1 heterocycles. The fourth-order valence-corrected chi connectivity index (χ4v) is 0.967. The van der Waals surface area contributed by atoms with Crippen molar-refractivity contribution in [3.63, 3.8) is 0 Å². The maximum atomic E-state index is 10.8. The van der Waals surface area contributed by atoms with E-state index in [4.69, 9.17) is 5.11 Å². The van der Waals surface area contributed by atoms with Crippen LogP contribution in [-0.2, 0) is 6.54 Å². The van der Waals surface area contributed by atoms with Gasteiger partial charge < -0.3 is 15.7 Å². The first-order valence-corrected chi connectivity index (χ1v) is 4.27. The van der Waals surface area contributed by atoms with E-state index < -0.39 is 5.97 Å². The molecular weight excluding hydrogens is 198 g/mol. The number of hydrogen-bond donors (Lipinski definition) is 3. The molecule has 0 saturated carbocycles. The Bertz CT molecular complexity index is 379. The van der Waals surface area contributed by atoms with Crippen LogP contribution < -0.4 is 10.6 Å². The molecule has 1 aromatic heterocycles. The zero-order valence-electron chi connectivity index (χ0n) is 8.15. The highest BCUT2D eigenvalue weighted by Crippen LogP contribution is 2.01. The number of aromatic nitrogens is 1. The number of carbonyl (C=O) groups excluding carboxylic acids is 1. The number of urea groups is 1. The lowest BCUT2D eigenvalue weighted by atomic mass is 10.2.